The van der Waals surface area contributed by atoms with Crippen LogP contribution in [0.2, 0.25) is 0 Å². The van der Waals surface area contributed by atoms with Crippen molar-refractivity contribution in [2.24, 2.45) is 0 Å². The quantitative estimate of drug-likeness (QED) is 0.387. The van der Waals surface area contributed by atoms with E-state index in [1.54, 1.807) is 6.69 Å². The van der Waals surface area contributed by atoms with Gasteiger partial charge in [-0.05, 0) is 0 Å². The third-order valence-electron chi connectivity index (χ3n) is 0.999. The van der Waals surface area contributed by atoms with E-state index in [1.807, 2.05) is 40.4 Å². The van der Waals surface area contributed by atoms with E-state index in [-0.39, 0.29) is 0 Å². The third kappa shape index (κ3) is 10.3. The molecule has 0 amide bonds. The summed E-state index contributed by atoms with van der Waals surface area (Å²) in [6.07, 6.45) is 0. The zero-order valence-electron chi connectivity index (χ0n) is 6.96. The van der Waals surface area contributed by atoms with Crippen LogP contribution in [-0.4, -0.2) is 61.0 Å². The molecule has 0 aliphatic heterocycles. The summed E-state index contributed by atoms with van der Waals surface area (Å²) in [6.45, 7) is 16.4. The van der Waals surface area contributed by atoms with E-state index in [0.29, 0.717) is 0 Å². The topological polar surface area (TPSA) is 12.0 Å². The average Bonchev–Trinajstić information content (AvgIpc) is 2.03. The molecule has 0 aromatic carbocycles. The molecule has 0 spiro atoms. The van der Waals surface area contributed by atoms with Gasteiger partial charge in [0.05, 0.1) is 0 Å². The molecule has 0 aliphatic rings. The van der Waals surface area contributed by atoms with Crippen molar-refractivity contribution < 1.29 is 0 Å². The Balaban J connectivity index is 3.42. The molecule has 0 aromatic rings. The van der Waals surface area contributed by atoms with Crippen molar-refractivity contribution in [3.63, 3.8) is 0 Å². The van der Waals surface area contributed by atoms with E-state index in [1.165, 1.54) is 0 Å². The molecule has 0 aliphatic carbocycles. The van der Waals surface area contributed by atoms with Crippen LogP contribution in [0.25, 0.3) is 0 Å². The Morgan fingerprint density at radius 3 is 2.36 bits per heavy atom. The summed E-state index contributed by atoms with van der Waals surface area (Å²) in [5.74, 6) is 0. The van der Waals surface area contributed by atoms with Crippen molar-refractivity contribution in [3.05, 3.63) is 0 Å². The van der Waals surface area contributed by atoms with E-state index in [4.69, 9.17) is 0 Å². The van der Waals surface area contributed by atoms with Gasteiger partial charge in [0.2, 0.25) is 0 Å². The van der Waals surface area contributed by atoms with Crippen LogP contribution in [0.1, 0.15) is 6.92 Å². The molecular formula is C2H7B8N. The average molecular weight is 132 g/mol. The SMILES string of the molecule is B=BB=BB=BB=BNCC. The summed E-state index contributed by atoms with van der Waals surface area (Å²) in [5.41, 5.74) is 0. The van der Waals surface area contributed by atoms with Gasteiger partial charge in [-0.25, -0.2) is 0 Å². The van der Waals surface area contributed by atoms with Gasteiger partial charge in [0.25, 0.3) is 0 Å². The molecule has 0 radical (unpaired) electrons. The van der Waals surface area contributed by atoms with Gasteiger partial charge in [-0.1, -0.05) is 0 Å². The van der Waals surface area contributed by atoms with Crippen LogP contribution in [-0.2, 0) is 0 Å². The Labute approximate surface area is 73.7 Å². The Morgan fingerprint density at radius 2 is 1.73 bits per heavy atom. The van der Waals surface area contributed by atoms with Gasteiger partial charge in [-0.15, -0.1) is 0 Å². The van der Waals surface area contributed by atoms with Gasteiger partial charge in [-0.2, -0.15) is 0 Å². The number of hydrogen-bond donors (Lipinski definition) is 1. The van der Waals surface area contributed by atoms with Crippen LogP contribution in [0.3, 0.4) is 0 Å². The van der Waals surface area contributed by atoms with E-state index >= 15 is 0 Å². The molecule has 11 heavy (non-hydrogen) atoms. The Bertz CT molecular complexity index is 171. The molecule has 0 atom stereocenters. The maximum absolute atomic E-state index is 3.56. The Morgan fingerprint density at radius 1 is 1.09 bits per heavy atom. The summed E-state index contributed by atoms with van der Waals surface area (Å²) >= 11 is 0. The minimum atomic E-state index is 0.965. The van der Waals surface area contributed by atoms with Gasteiger partial charge in [0, 0.05) is 0 Å². The predicted octanol–water partition coefficient (Wildman–Crippen LogP) is -3.25. The van der Waals surface area contributed by atoms with Crippen molar-refractivity contribution in [2.45, 2.75) is 6.92 Å². The zero-order chi connectivity index (χ0) is 8.36. The van der Waals surface area contributed by atoms with Gasteiger partial charge >= 0.3 is 73.2 Å². The monoisotopic (exact) mass is 133 g/mol. The van der Waals surface area contributed by atoms with Gasteiger partial charge < -0.3 is 0 Å². The van der Waals surface area contributed by atoms with Gasteiger partial charge in [0.15, 0.2) is 0 Å². The minimum absolute atomic E-state index is 0.965. The number of rotatable bonds is 5. The molecule has 0 unspecified atom stereocenters. The molecule has 1 N–H and O–H groups in total. The molecule has 0 aromatic heterocycles. The van der Waals surface area contributed by atoms with Gasteiger partial charge in [0.1, 0.15) is 0 Å². The van der Waals surface area contributed by atoms with Crippen LogP contribution >= 0.6 is 0 Å². The summed E-state index contributed by atoms with van der Waals surface area (Å²) in [6, 6.07) is 0. The van der Waals surface area contributed by atoms with Gasteiger partial charge in [-0.3, -0.25) is 0 Å². The van der Waals surface area contributed by atoms with E-state index < -0.39 is 0 Å². The predicted molar refractivity (Wildman–Crippen MR) is 61.1 cm³/mol. The fourth-order valence-corrected chi connectivity index (χ4v) is 0.512. The second-order valence-electron chi connectivity index (χ2n) is 1.92. The maximum atomic E-state index is 3.56. The molecular weight excluding hydrogens is 125 g/mol. The summed E-state index contributed by atoms with van der Waals surface area (Å²) < 4.78 is 0. The summed E-state index contributed by atoms with van der Waals surface area (Å²) in [4.78, 5) is 0. The second-order valence-corrected chi connectivity index (χ2v) is 1.92. The van der Waals surface area contributed by atoms with Crippen LogP contribution in [0.4, 0.5) is 0 Å². The van der Waals surface area contributed by atoms with Crippen LogP contribution in [0.15, 0.2) is 0 Å². The van der Waals surface area contributed by atoms with Crippen LogP contribution < -0.4 is 5.23 Å². The first-order valence-electron chi connectivity index (χ1n) is 3.76. The summed E-state index contributed by atoms with van der Waals surface area (Å²) in [7, 11) is 3.56. The first-order chi connectivity index (χ1) is 5.41. The van der Waals surface area contributed by atoms with Crippen LogP contribution in [0.5, 0.6) is 0 Å². The fourth-order valence-electron chi connectivity index (χ4n) is 0.512. The molecule has 9 heteroatoms. The number of hydrogen-bond acceptors (Lipinski definition) is 1. The first-order valence-corrected chi connectivity index (χ1v) is 3.76. The molecule has 0 rings (SSSR count). The zero-order valence-corrected chi connectivity index (χ0v) is 6.96. The van der Waals surface area contributed by atoms with E-state index in [0.717, 1.165) is 6.54 Å². The Hall–Kier alpha value is 0.319. The molecule has 0 bridgehead atoms. The molecule has 44 valence electrons. The third-order valence-corrected chi connectivity index (χ3v) is 0.999. The van der Waals surface area contributed by atoms with E-state index in [2.05, 4.69) is 19.5 Å². The summed E-state index contributed by atoms with van der Waals surface area (Å²) in [5, 5.41) is 3.06. The first kappa shape index (κ1) is 11.3. The standard InChI is InChI=1S/C2H7B8N/c1-2-11-10-9-8-7-6-5-4-3/h3,11H,2H2,1H3. The van der Waals surface area contributed by atoms with Crippen molar-refractivity contribution in [1.29, 1.82) is 0 Å². The molecule has 1 nitrogen and oxygen atoms in total. The molecule has 0 heterocycles. The molecule has 0 saturated heterocycles. The Kier molecular flexibility index (Phi) is 10.6. The molecule has 0 fully saturated rings. The normalized spacial score (nSPS) is 6.91. The van der Waals surface area contributed by atoms with Crippen molar-refractivity contribution in [1.82, 2.24) is 5.23 Å². The van der Waals surface area contributed by atoms with Crippen molar-refractivity contribution in [2.75, 3.05) is 6.54 Å². The number of nitrogens with one attached hydrogen (secondary N) is 1. The fraction of sp³-hybridized carbons (Fsp3) is 1.00. The molecule has 0 saturated carbocycles. The van der Waals surface area contributed by atoms with Crippen molar-refractivity contribution >= 4 is 54.5 Å². The van der Waals surface area contributed by atoms with Crippen LogP contribution in [0, 0.1) is 0 Å². The van der Waals surface area contributed by atoms with Crippen molar-refractivity contribution in [3.8, 4) is 0 Å². The van der Waals surface area contributed by atoms with E-state index in [9.17, 15) is 0 Å². The second kappa shape index (κ2) is 10.3.